The maximum atomic E-state index is 12.3. The van der Waals surface area contributed by atoms with Crippen molar-refractivity contribution in [1.29, 1.82) is 0 Å². The minimum atomic E-state index is -0.318. The molecule has 3 rings (SSSR count). The second kappa shape index (κ2) is 8.67. The third kappa shape index (κ3) is 4.95. The van der Waals surface area contributed by atoms with E-state index in [1.807, 2.05) is 6.07 Å². The Morgan fingerprint density at radius 2 is 2.00 bits per heavy atom. The van der Waals surface area contributed by atoms with Crippen LogP contribution in [-0.4, -0.2) is 16.1 Å². The van der Waals surface area contributed by atoms with Crippen molar-refractivity contribution in [3.8, 4) is 11.3 Å². The number of hydrogen-bond donors (Lipinski definition) is 3. The van der Waals surface area contributed by atoms with Crippen molar-refractivity contribution in [3.05, 3.63) is 75.4 Å². The Kier molecular flexibility index (Phi) is 6.28. The number of carbonyl (C=O) groups excluding carboxylic acids is 1. The molecule has 5 nitrogen and oxygen atoms in total. The first-order valence-corrected chi connectivity index (χ1v) is 9.41. The zero-order valence-corrected chi connectivity index (χ0v) is 17.0. The lowest BCUT2D eigenvalue weighted by molar-refractivity contribution is 0.0977. The number of furan rings is 1. The summed E-state index contributed by atoms with van der Waals surface area (Å²) in [6.07, 6.45) is 0. The number of anilines is 1. The lowest BCUT2D eigenvalue weighted by atomic mass is 10.1. The van der Waals surface area contributed by atoms with Gasteiger partial charge in [0, 0.05) is 21.3 Å². The van der Waals surface area contributed by atoms with E-state index >= 15 is 0 Å². The molecule has 0 atom stereocenters. The van der Waals surface area contributed by atoms with Crippen LogP contribution in [0.3, 0.4) is 0 Å². The Morgan fingerprint density at radius 1 is 1.19 bits per heavy atom. The first-order chi connectivity index (χ1) is 13.0. The van der Waals surface area contributed by atoms with Crippen molar-refractivity contribution in [3.63, 3.8) is 0 Å². The van der Waals surface area contributed by atoms with Crippen LogP contribution >= 0.6 is 39.7 Å². The van der Waals surface area contributed by atoms with Gasteiger partial charge in [-0.2, -0.15) is 0 Å². The van der Waals surface area contributed by atoms with Gasteiger partial charge in [-0.15, -0.1) is 0 Å². The Balaban J connectivity index is 1.72. The number of aliphatic hydroxyl groups excluding tert-OH is 1. The quantitative estimate of drug-likeness (QED) is 0.474. The molecule has 1 heterocycles. The maximum Gasteiger partial charge on any atom is 0.257 e. The summed E-state index contributed by atoms with van der Waals surface area (Å²) in [6.45, 7) is -0.193. The van der Waals surface area contributed by atoms with E-state index < -0.39 is 0 Å². The minimum Gasteiger partial charge on any atom is -0.459 e. The van der Waals surface area contributed by atoms with E-state index in [9.17, 15) is 4.79 Å². The predicted octanol–water partition coefficient (Wildman–Crippen LogP) is 4.98. The van der Waals surface area contributed by atoms with E-state index in [0.717, 1.165) is 4.47 Å². The van der Waals surface area contributed by atoms with Gasteiger partial charge >= 0.3 is 0 Å². The van der Waals surface area contributed by atoms with Crippen LogP contribution in [0.2, 0.25) is 5.02 Å². The summed E-state index contributed by atoms with van der Waals surface area (Å²) in [4.78, 5) is 12.3. The number of carbonyl (C=O) groups is 1. The Hall–Kier alpha value is -2.19. The van der Waals surface area contributed by atoms with E-state index in [0.29, 0.717) is 33.4 Å². The number of halogens is 2. The summed E-state index contributed by atoms with van der Waals surface area (Å²) in [6, 6.07) is 15.6. The predicted molar refractivity (Wildman–Crippen MR) is 113 cm³/mol. The molecule has 3 aromatic rings. The molecule has 0 saturated carbocycles. The van der Waals surface area contributed by atoms with Gasteiger partial charge in [-0.25, -0.2) is 0 Å². The molecule has 2 aromatic carbocycles. The van der Waals surface area contributed by atoms with Crippen LogP contribution in [-0.2, 0) is 6.61 Å². The van der Waals surface area contributed by atoms with Gasteiger partial charge in [-0.05, 0) is 60.7 Å². The van der Waals surface area contributed by atoms with Crippen molar-refractivity contribution < 1.29 is 14.3 Å². The van der Waals surface area contributed by atoms with Crippen LogP contribution in [0.5, 0.6) is 0 Å². The molecular weight excluding hydrogens is 452 g/mol. The molecular formula is C19H14BrClN2O3S. The summed E-state index contributed by atoms with van der Waals surface area (Å²) in [7, 11) is 0. The number of thiocarbonyl (C=S) groups is 1. The highest BCUT2D eigenvalue weighted by atomic mass is 79.9. The molecule has 1 aromatic heterocycles. The van der Waals surface area contributed by atoms with Crippen molar-refractivity contribution in [1.82, 2.24) is 5.32 Å². The molecule has 27 heavy (non-hydrogen) atoms. The number of amides is 1. The topological polar surface area (TPSA) is 74.5 Å². The summed E-state index contributed by atoms with van der Waals surface area (Å²) in [5, 5.41) is 15.4. The summed E-state index contributed by atoms with van der Waals surface area (Å²) in [5.41, 5.74) is 1.76. The molecule has 0 aliphatic heterocycles. The molecule has 0 spiro atoms. The SMILES string of the molecule is O=C(NC(=S)Nc1ccc(Cl)c(-c2ccc(CO)o2)c1)c1cccc(Br)c1. The van der Waals surface area contributed by atoms with E-state index in [4.69, 9.17) is 33.3 Å². The maximum absolute atomic E-state index is 12.3. The molecule has 1 amide bonds. The second-order valence-electron chi connectivity index (χ2n) is 5.54. The fourth-order valence-electron chi connectivity index (χ4n) is 2.37. The van der Waals surface area contributed by atoms with Crippen LogP contribution < -0.4 is 10.6 Å². The molecule has 8 heteroatoms. The lowest BCUT2D eigenvalue weighted by Gasteiger charge is -2.11. The van der Waals surface area contributed by atoms with Crippen LogP contribution in [0.1, 0.15) is 16.1 Å². The van der Waals surface area contributed by atoms with Gasteiger partial charge in [0.05, 0.1) is 5.02 Å². The zero-order valence-electron chi connectivity index (χ0n) is 13.8. The number of rotatable bonds is 4. The summed E-state index contributed by atoms with van der Waals surface area (Å²) < 4.78 is 6.33. The van der Waals surface area contributed by atoms with Gasteiger partial charge in [0.1, 0.15) is 18.1 Å². The normalized spacial score (nSPS) is 10.5. The zero-order chi connectivity index (χ0) is 19.4. The largest absolute Gasteiger partial charge is 0.459 e. The third-order valence-electron chi connectivity index (χ3n) is 3.62. The first kappa shape index (κ1) is 19.6. The van der Waals surface area contributed by atoms with Gasteiger partial charge in [-0.3, -0.25) is 10.1 Å². The summed E-state index contributed by atoms with van der Waals surface area (Å²) >= 11 is 14.8. The Morgan fingerprint density at radius 3 is 2.70 bits per heavy atom. The molecule has 3 N–H and O–H groups in total. The first-order valence-electron chi connectivity index (χ1n) is 7.83. The number of aliphatic hydroxyl groups is 1. The Labute approximate surface area is 174 Å². The molecule has 138 valence electrons. The highest BCUT2D eigenvalue weighted by molar-refractivity contribution is 9.10. The van der Waals surface area contributed by atoms with Gasteiger partial charge in [-0.1, -0.05) is 33.6 Å². The number of benzene rings is 2. The molecule has 0 fully saturated rings. The molecule has 0 aliphatic carbocycles. The van der Waals surface area contributed by atoms with Gasteiger partial charge in [0.2, 0.25) is 0 Å². The highest BCUT2D eigenvalue weighted by Gasteiger charge is 2.12. The van der Waals surface area contributed by atoms with Crippen LogP contribution in [0.15, 0.2) is 63.5 Å². The average Bonchev–Trinajstić information content (AvgIpc) is 3.12. The number of nitrogens with one attached hydrogen (secondary N) is 2. The smallest absolute Gasteiger partial charge is 0.257 e. The van der Waals surface area contributed by atoms with Crippen molar-refractivity contribution in [2.24, 2.45) is 0 Å². The van der Waals surface area contributed by atoms with E-state index in [1.165, 1.54) is 0 Å². The van der Waals surface area contributed by atoms with Crippen molar-refractivity contribution >= 4 is 56.5 Å². The van der Waals surface area contributed by atoms with Crippen LogP contribution in [0.25, 0.3) is 11.3 Å². The van der Waals surface area contributed by atoms with E-state index in [-0.39, 0.29) is 17.6 Å². The second-order valence-corrected chi connectivity index (χ2v) is 7.27. The fourth-order valence-corrected chi connectivity index (χ4v) is 3.19. The van der Waals surface area contributed by atoms with Crippen molar-refractivity contribution in [2.75, 3.05) is 5.32 Å². The molecule has 0 unspecified atom stereocenters. The van der Waals surface area contributed by atoms with Gasteiger partial charge in [0.25, 0.3) is 5.91 Å². The molecule has 0 saturated heterocycles. The van der Waals surface area contributed by atoms with Gasteiger partial charge in [0.15, 0.2) is 5.11 Å². The fraction of sp³-hybridized carbons (Fsp3) is 0.0526. The third-order valence-corrected chi connectivity index (χ3v) is 4.65. The van der Waals surface area contributed by atoms with Crippen molar-refractivity contribution in [2.45, 2.75) is 6.61 Å². The standard InChI is InChI=1S/C19H14BrClN2O3S/c20-12-3-1-2-11(8-12)18(25)23-19(27)22-13-4-6-16(21)15(9-13)17-7-5-14(10-24)26-17/h1-9,24H,10H2,(H2,22,23,25,27). The summed E-state index contributed by atoms with van der Waals surface area (Å²) in [5.74, 6) is 0.648. The lowest BCUT2D eigenvalue weighted by Crippen LogP contribution is -2.34. The van der Waals surface area contributed by atoms with E-state index in [1.54, 1.807) is 48.5 Å². The van der Waals surface area contributed by atoms with Gasteiger partial charge < -0.3 is 14.8 Å². The highest BCUT2D eigenvalue weighted by Crippen LogP contribution is 2.32. The average molecular weight is 466 g/mol. The Bertz CT molecular complexity index is 1010. The minimum absolute atomic E-state index is 0.156. The molecule has 0 bridgehead atoms. The monoisotopic (exact) mass is 464 g/mol. The van der Waals surface area contributed by atoms with Crippen LogP contribution in [0.4, 0.5) is 5.69 Å². The number of hydrogen-bond acceptors (Lipinski definition) is 4. The molecule has 0 aliphatic rings. The van der Waals surface area contributed by atoms with Crippen LogP contribution in [0, 0.1) is 0 Å². The molecule has 0 radical (unpaired) electrons. The van der Waals surface area contributed by atoms with E-state index in [2.05, 4.69) is 26.6 Å².